The number of nitriles is 1. The molecule has 0 radical (unpaired) electrons. The van der Waals surface area contributed by atoms with E-state index in [0.717, 1.165) is 12.0 Å². The lowest BCUT2D eigenvalue weighted by molar-refractivity contribution is -0.133. The van der Waals surface area contributed by atoms with Crippen LogP contribution in [0.25, 0.3) is 0 Å². The Labute approximate surface area is 236 Å². The molecule has 8 nitrogen and oxygen atoms in total. The van der Waals surface area contributed by atoms with Crippen molar-refractivity contribution in [3.63, 3.8) is 0 Å². The predicted molar refractivity (Wildman–Crippen MR) is 142 cm³/mol. The topological polar surface area (TPSA) is 128 Å². The molecule has 4 rings (SSSR count). The first-order valence-electron chi connectivity index (χ1n) is 12.9. The van der Waals surface area contributed by atoms with Crippen LogP contribution in [0, 0.1) is 34.7 Å². The van der Waals surface area contributed by atoms with Crippen LogP contribution in [0.15, 0.2) is 42.5 Å². The Balaban J connectivity index is 0.00000441. The number of benzene rings is 2. The second-order valence-corrected chi connectivity index (χ2v) is 10.1. The lowest BCUT2D eigenvalue weighted by Crippen LogP contribution is -2.46. The van der Waals surface area contributed by atoms with E-state index in [0.29, 0.717) is 25.0 Å². The van der Waals surface area contributed by atoms with Gasteiger partial charge in [-0.15, -0.1) is 12.4 Å². The van der Waals surface area contributed by atoms with Crippen molar-refractivity contribution in [2.24, 2.45) is 11.7 Å². The molecule has 1 aliphatic heterocycles. The van der Waals surface area contributed by atoms with Gasteiger partial charge in [-0.05, 0) is 48.8 Å². The predicted octanol–water partition coefficient (Wildman–Crippen LogP) is 2.53. The van der Waals surface area contributed by atoms with Gasteiger partial charge in [-0.1, -0.05) is 30.3 Å². The lowest BCUT2D eigenvalue weighted by atomic mass is 10.0. The number of piperidine rings is 1. The van der Waals surface area contributed by atoms with Crippen LogP contribution < -0.4 is 16.4 Å². The summed E-state index contributed by atoms with van der Waals surface area (Å²) < 4.78 is 41.6. The van der Waals surface area contributed by atoms with E-state index < -0.39 is 47.4 Å². The summed E-state index contributed by atoms with van der Waals surface area (Å²) in [6.07, 6.45) is 1.06. The number of nitrogens with one attached hydrogen (secondary N) is 2. The average Bonchev–Trinajstić information content (AvgIpc) is 3.56. The summed E-state index contributed by atoms with van der Waals surface area (Å²) in [7, 11) is 0. The molecule has 214 valence electrons. The standard InChI is InChI=1S/C28H30F3N5O3.ClH/c29-21-14-23(31)22(30)11-17(21)9-19(13-27(38)36-20(15-32)10-18-12-25(18)36)35-26(37)6-7-34-28(39)24(33)8-16-4-2-1-3-5-16;/h1-5,11,14,18-20,24-25H,6-10,12-13,33H2,(H,34,39)(H,35,37);1H. The summed E-state index contributed by atoms with van der Waals surface area (Å²) >= 11 is 0. The molecule has 2 aromatic rings. The highest BCUT2D eigenvalue weighted by molar-refractivity contribution is 5.85. The molecular formula is C28H31ClF3N5O3. The van der Waals surface area contributed by atoms with Crippen molar-refractivity contribution in [1.29, 1.82) is 5.26 Å². The molecule has 4 N–H and O–H groups in total. The van der Waals surface area contributed by atoms with E-state index in [2.05, 4.69) is 16.7 Å². The van der Waals surface area contributed by atoms with Crippen molar-refractivity contribution in [2.75, 3.05) is 6.54 Å². The molecule has 5 atom stereocenters. The summed E-state index contributed by atoms with van der Waals surface area (Å²) in [5.41, 5.74) is 6.64. The van der Waals surface area contributed by atoms with Gasteiger partial charge >= 0.3 is 0 Å². The highest BCUT2D eigenvalue weighted by Gasteiger charge is 2.54. The zero-order valence-electron chi connectivity index (χ0n) is 21.6. The number of hydrogen-bond acceptors (Lipinski definition) is 5. The van der Waals surface area contributed by atoms with Gasteiger partial charge in [0.05, 0.1) is 12.1 Å². The maximum Gasteiger partial charge on any atom is 0.237 e. The number of halogens is 4. The van der Waals surface area contributed by atoms with E-state index in [1.807, 2.05) is 30.3 Å². The Kier molecular flexibility index (Phi) is 10.5. The van der Waals surface area contributed by atoms with E-state index in [-0.39, 0.29) is 61.6 Å². The average molecular weight is 578 g/mol. The van der Waals surface area contributed by atoms with Crippen LogP contribution in [0.2, 0.25) is 0 Å². The Hall–Kier alpha value is -3.62. The van der Waals surface area contributed by atoms with Gasteiger partial charge in [0.1, 0.15) is 11.9 Å². The summed E-state index contributed by atoms with van der Waals surface area (Å²) in [4.78, 5) is 39.6. The van der Waals surface area contributed by atoms with Crippen LogP contribution >= 0.6 is 12.4 Å². The third-order valence-electron chi connectivity index (χ3n) is 7.17. The van der Waals surface area contributed by atoms with Crippen molar-refractivity contribution in [1.82, 2.24) is 15.5 Å². The Morgan fingerprint density at radius 1 is 1.05 bits per heavy atom. The SMILES string of the molecule is Cl.N#CC1CC2CC2N1C(=O)CC(Cc1cc(F)c(F)cc1F)NC(=O)CCNC(=O)C(N)Cc1ccccc1. The van der Waals surface area contributed by atoms with Crippen LogP contribution in [0.5, 0.6) is 0 Å². The van der Waals surface area contributed by atoms with E-state index in [4.69, 9.17) is 5.73 Å². The van der Waals surface area contributed by atoms with E-state index >= 15 is 0 Å². The fourth-order valence-corrected chi connectivity index (χ4v) is 5.10. The third kappa shape index (κ3) is 7.73. The number of carbonyl (C=O) groups excluding carboxylic acids is 3. The maximum atomic E-state index is 14.4. The maximum absolute atomic E-state index is 14.4. The van der Waals surface area contributed by atoms with Gasteiger partial charge in [-0.25, -0.2) is 13.2 Å². The lowest BCUT2D eigenvalue weighted by Gasteiger charge is -2.26. The second-order valence-electron chi connectivity index (χ2n) is 10.1. The van der Waals surface area contributed by atoms with Crippen LogP contribution in [-0.4, -0.2) is 53.3 Å². The largest absolute Gasteiger partial charge is 0.354 e. The summed E-state index contributed by atoms with van der Waals surface area (Å²) in [5, 5.41) is 14.7. The summed E-state index contributed by atoms with van der Waals surface area (Å²) in [6, 6.07) is 10.1. The minimum Gasteiger partial charge on any atom is -0.354 e. The number of likely N-dealkylation sites (tertiary alicyclic amines) is 1. The smallest absolute Gasteiger partial charge is 0.237 e. The summed E-state index contributed by atoms with van der Waals surface area (Å²) in [5.74, 6) is -4.65. The third-order valence-corrected chi connectivity index (χ3v) is 7.17. The fourth-order valence-electron chi connectivity index (χ4n) is 5.10. The number of rotatable bonds is 11. The van der Waals surface area contributed by atoms with Crippen LogP contribution in [0.3, 0.4) is 0 Å². The second kappa shape index (κ2) is 13.6. The summed E-state index contributed by atoms with van der Waals surface area (Å²) in [6.45, 7) is -0.0280. The van der Waals surface area contributed by atoms with Crippen LogP contribution in [0.4, 0.5) is 13.2 Å². The van der Waals surface area contributed by atoms with Gasteiger partial charge in [0, 0.05) is 37.5 Å². The zero-order chi connectivity index (χ0) is 28.1. The van der Waals surface area contributed by atoms with Gasteiger partial charge in [0.25, 0.3) is 0 Å². The van der Waals surface area contributed by atoms with Gasteiger partial charge in [0.2, 0.25) is 17.7 Å². The first-order chi connectivity index (χ1) is 18.7. The molecule has 1 saturated carbocycles. The molecule has 2 fully saturated rings. The molecule has 1 heterocycles. The van der Waals surface area contributed by atoms with Crippen molar-refractivity contribution < 1.29 is 27.6 Å². The molecule has 0 aromatic heterocycles. The highest BCUT2D eigenvalue weighted by Crippen LogP contribution is 2.47. The van der Waals surface area contributed by atoms with Crippen LogP contribution in [0.1, 0.15) is 36.8 Å². The Bertz CT molecular complexity index is 1280. The number of nitrogens with zero attached hydrogens (tertiary/aromatic N) is 2. The molecule has 1 aliphatic carbocycles. The molecule has 40 heavy (non-hydrogen) atoms. The quantitative estimate of drug-likeness (QED) is 0.354. The van der Waals surface area contributed by atoms with Gasteiger partial charge < -0.3 is 21.3 Å². The van der Waals surface area contributed by atoms with Crippen molar-refractivity contribution in [2.45, 2.75) is 62.7 Å². The van der Waals surface area contributed by atoms with Crippen molar-refractivity contribution >= 4 is 30.1 Å². The zero-order valence-corrected chi connectivity index (χ0v) is 22.4. The molecule has 0 spiro atoms. The first kappa shape index (κ1) is 30.9. The minimum absolute atomic E-state index is 0. The monoisotopic (exact) mass is 577 g/mol. The number of amides is 3. The van der Waals surface area contributed by atoms with Gasteiger partial charge in [-0.2, -0.15) is 5.26 Å². The molecule has 2 aliphatic rings. The normalized spacial score (nSPS) is 20.4. The number of carbonyl (C=O) groups is 3. The molecule has 2 aromatic carbocycles. The fraction of sp³-hybridized carbons (Fsp3) is 0.429. The molecule has 0 bridgehead atoms. The van der Waals surface area contributed by atoms with Gasteiger partial charge in [-0.3, -0.25) is 14.4 Å². The van der Waals surface area contributed by atoms with Gasteiger partial charge in [0.15, 0.2) is 11.6 Å². The first-order valence-corrected chi connectivity index (χ1v) is 12.9. The van der Waals surface area contributed by atoms with E-state index in [9.17, 15) is 32.8 Å². The molecule has 5 unspecified atom stereocenters. The van der Waals surface area contributed by atoms with Crippen molar-refractivity contribution in [3.05, 3.63) is 71.0 Å². The van der Waals surface area contributed by atoms with Crippen molar-refractivity contribution in [3.8, 4) is 6.07 Å². The molecule has 1 saturated heterocycles. The highest BCUT2D eigenvalue weighted by atomic mass is 35.5. The Morgan fingerprint density at radius 3 is 2.45 bits per heavy atom. The van der Waals surface area contributed by atoms with E-state index in [1.165, 1.54) is 4.90 Å². The molecule has 3 amide bonds. The number of hydrogen-bond donors (Lipinski definition) is 3. The minimum atomic E-state index is -1.34. The number of fused-ring (bicyclic) bond motifs is 1. The Morgan fingerprint density at radius 2 is 1.75 bits per heavy atom. The molecule has 12 heteroatoms. The molecular weight excluding hydrogens is 547 g/mol. The number of nitrogens with two attached hydrogens (primary N) is 1. The van der Waals surface area contributed by atoms with Crippen LogP contribution in [-0.2, 0) is 27.2 Å². The van der Waals surface area contributed by atoms with E-state index in [1.54, 1.807) is 0 Å².